The van der Waals surface area contributed by atoms with Crippen LogP contribution in [0.3, 0.4) is 0 Å². The molecular weight excluding hydrogens is 380 g/mol. The van der Waals surface area contributed by atoms with Crippen molar-refractivity contribution >= 4 is 5.97 Å². The Bertz CT molecular complexity index is 594. The molecular formula is C17H26O11. The SMILES string of the molecule is COC(=O)C1=CO[C@@H](O[C@@H]2O[C@H](CO)[C@@H](O)[C@H](O)[C@H]2O)[C@@H]2[C@H](C)O[C@H](O)C[C@H]12. The average molecular weight is 406 g/mol. The van der Waals surface area contributed by atoms with Gasteiger partial charge in [0.05, 0.1) is 37.6 Å². The molecule has 10 atom stereocenters. The molecule has 11 heteroatoms. The molecule has 0 spiro atoms. The molecule has 0 bridgehead atoms. The molecule has 3 heterocycles. The van der Waals surface area contributed by atoms with E-state index in [-0.39, 0.29) is 12.0 Å². The zero-order valence-corrected chi connectivity index (χ0v) is 15.5. The second kappa shape index (κ2) is 8.59. The lowest BCUT2D eigenvalue weighted by Crippen LogP contribution is -2.61. The van der Waals surface area contributed by atoms with Gasteiger partial charge >= 0.3 is 5.97 Å². The van der Waals surface area contributed by atoms with Crippen LogP contribution < -0.4 is 0 Å². The molecule has 3 rings (SSSR count). The van der Waals surface area contributed by atoms with E-state index in [0.29, 0.717) is 0 Å². The number of carbonyl (C=O) groups is 1. The first-order valence-electron chi connectivity index (χ1n) is 9.01. The van der Waals surface area contributed by atoms with Crippen LogP contribution in [0.2, 0.25) is 0 Å². The number of aliphatic hydroxyl groups excluding tert-OH is 5. The Hall–Kier alpha value is -1.31. The summed E-state index contributed by atoms with van der Waals surface area (Å²) in [6.07, 6.45) is -8.71. The van der Waals surface area contributed by atoms with Gasteiger partial charge in [-0.05, 0) is 6.92 Å². The Morgan fingerprint density at radius 1 is 1.14 bits per heavy atom. The van der Waals surface area contributed by atoms with Gasteiger partial charge in [-0.15, -0.1) is 0 Å². The van der Waals surface area contributed by atoms with E-state index in [4.69, 9.17) is 23.7 Å². The Balaban J connectivity index is 1.81. The monoisotopic (exact) mass is 406 g/mol. The van der Waals surface area contributed by atoms with Crippen LogP contribution in [-0.4, -0.2) is 94.6 Å². The van der Waals surface area contributed by atoms with Crippen LogP contribution in [0.4, 0.5) is 0 Å². The molecule has 0 aromatic carbocycles. The first-order chi connectivity index (χ1) is 13.3. The van der Waals surface area contributed by atoms with E-state index in [9.17, 15) is 30.3 Å². The number of fused-ring (bicyclic) bond motifs is 1. The molecule has 2 saturated heterocycles. The predicted octanol–water partition coefficient (Wildman–Crippen LogP) is -2.42. The van der Waals surface area contributed by atoms with E-state index in [2.05, 4.69) is 0 Å². The summed E-state index contributed by atoms with van der Waals surface area (Å²) >= 11 is 0. The van der Waals surface area contributed by atoms with Crippen LogP contribution in [0.1, 0.15) is 13.3 Å². The highest BCUT2D eigenvalue weighted by Gasteiger charge is 2.51. The van der Waals surface area contributed by atoms with Gasteiger partial charge in [0.2, 0.25) is 6.29 Å². The Labute approximate surface area is 161 Å². The quantitative estimate of drug-likeness (QED) is 0.315. The van der Waals surface area contributed by atoms with Crippen LogP contribution in [0, 0.1) is 11.8 Å². The van der Waals surface area contributed by atoms with Gasteiger partial charge in [0.1, 0.15) is 24.4 Å². The van der Waals surface area contributed by atoms with Crippen molar-refractivity contribution in [3.05, 3.63) is 11.8 Å². The van der Waals surface area contributed by atoms with E-state index < -0.39 is 73.8 Å². The molecule has 3 aliphatic rings. The number of carbonyl (C=O) groups excluding carboxylic acids is 1. The van der Waals surface area contributed by atoms with Crippen molar-refractivity contribution in [1.82, 2.24) is 0 Å². The number of rotatable bonds is 4. The first kappa shape index (κ1) is 21.4. The van der Waals surface area contributed by atoms with Gasteiger partial charge in [0.15, 0.2) is 12.6 Å². The van der Waals surface area contributed by atoms with Gasteiger partial charge in [-0.1, -0.05) is 0 Å². The third-order valence-electron chi connectivity index (χ3n) is 5.41. The molecule has 0 saturated carbocycles. The van der Waals surface area contributed by atoms with Gasteiger partial charge in [0.25, 0.3) is 0 Å². The number of hydrogen-bond acceptors (Lipinski definition) is 11. The second-order valence-corrected chi connectivity index (χ2v) is 7.12. The fourth-order valence-electron chi connectivity index (χ4n) is 3.91. The average Bonchev–Trinajstić information content (AvgIpc) is 2.67. The zero-order chi connectivity index (χ0) is 20.6. The van der Waals surface area contributed by atoms with Crippen molar-refractivity contribution in [1.29, 1.82) is 0 Å². The smallest absolute Gasteiger partial charge is 0.337 e. The zero-order valence-electron chi connectivity index (χ0n) is 15.5. The Kier molecular flexibility index (Phi) is 6.57. The molecule has 5 N–H and O–H groups in total. The number of esters is 1. The topological polar surface area (TPSA) is 164 Å². The minimum atomic E-state index is -1.60. The van der Waals surface area contributed by atoms with E-state index in [1.165, 1.54) is 13.4 Å². The van der Waals surface area contributed by atoms with Crippen molar-refractivity contribution in [3.63, 3.8) is 0 Å². The lowest BCUT2D eigenvalue weighted by Gasteiger charge is -2.47. The van der Waals surface area contributed by atoms with Crippen LogP contribution >= 0.6 is 0 Å². The largest absolute Gasteiger partial charge is 0.471 e. The van der Waals surface area contributed by atoms with Crippen molar-refractivity contribution in [3.8, 4) is 0 Å². The summed E-state index contributed by atoms with van der Waals surface area (Å²) in [6.45, 7) is 1.08. The molecule has 2 fully saturated rings. The highest BCUT2D eigenvalue weighted by Crippen LogP contribution is 2.42. The molecule has 28 heavy (non-hydrogen) atoms. The number of hydrogen-bond donors (Lipinski definition) is 5. The first-order valence-corrected chi connectivity index (χ1v) is 9.01. The highest BCUT2D eigenvalue weighted by atomic mass is 16.8. The summed E-state index contributed by atoms with van der Waals surface area (Å²) in [4.78, 5) is 12.1. The lowest BCUT2D eigenvalue weighted by atomic mass is 9.77. The molecule has 0 aromatic heterocycles. The van der Waals surface area contributed by atoms with Crippen LogP contribution in [0.5, 0.6) is 0 Å². The summed E-state index contributed by atoms with van der Waals surface area (Å²) in [7, 11) is 1.23. The maximum absolute atomic E-state index is 12.1. The summed E-state index contributed by atoms with van der Waals surface area (Å²) in [5.74, 6) is -1.67. The van der Waals surface area contributed by atoms with E-state index in [1.807, 2.05) is 0 Å². The molecule has 0 radical (unpaired) electrons. The second-order valence-electron chi connectivity index (χ2n) is 7.12. The van der Waals surface area contributed by atoms with E-state index >= 15 is 0 Å². The minimum absolute atomic E-state index is 0.105. The van der Waals surface area contributed by atoms with Crippen molar-refractivity contribution < 1.29 is 54.0 Å². The Morgan fingerprint density at radius 2 is 1.86 bits per heavy atom. The van der Waals surface area contributed by atoms with Gasteiger partial charge in [0, 0.05) is 12.3 Å². The van der Waals surface area contributed by atoms with Gasteiger partial charge < -0.3 is 49.2 Å². The molecule has 3 aliphatic heterocycles. The molecule has 0 aromatic rings. The fourth-order valence-corrected chi connectivity index (χ4v) is 3.91. The van der Waals surface area contributed by atoms with Crippen molar-refractivity contribution in [2.24, 2.45) is 11.8 Å². The maximum atomic E-state index is 12.1. The molecule has 0 amide bonds. The number of ether oxygens (including phenoxy) is 5. The molecule has 160 valence electrons. The highest BCUT2D eigenvalue weighted by molar-refractivity contribution is 5.88. The van der Waals surface area contributed by atoms with E-state index in [1.54, 1.807) is 6.92 Å². The van der Waals surface area contributed by atoms with Crippen LogP contribution in [0.15, 0.2) is 11.8 Å². The summed E-state index contributed by atoms with van der Waals surface area (Å²) < 4.78 is 26.8. The summed E-state index contributed by atoms with van der Waals surface area (Å²) in [6, 6.07) is 0. The minimum Gasteiger partial charge on any atom is -0.471 e. The molecule has 0 aliphatic carbocycles. The predicted molar refractivity (Wildman–Crippen MR) is 88.0 cm³/mol. The standard InChI is InChI=1S/C17H26O11/c1-6-11-7(3-10(19)26-6)8(15(23)24-2)5-25-16(11)28-17-14(22)13(21)12(20)9(4-18)27-17/h5-7,9-14,16-22H,3-4H2,1-2H3/t6-,7+,9+,10-,11+,12+,13-,14+,16-,17-/m0/s1. The van der Waals surface area contributed by atoms with Crippen molar-refractivity contribution in [2.45, 2.75) is 62.7 Å². The number of aliphatic hydroxyl groups is 5. The number of methoxy groups -OCH3 is 1. The molecule has 0 unspecified atom stereocenters. The fraction of sp³-hybridized carbons (Fsp3) is 0.824. The van der Waals surface area contributed by atoms with Crippen LogP contribution in [-0.2, 0) is 28.5 Å². The summed E-state index contributed by atoms with van der Waals surface area (Å²) in [5.41, 5.74) is 0.218. The third kappa shape index (κ3) is 3.89. The maximum Gasteiger partial charge on any atom is 0.337 e. The normalized spacial score (nSPS) is 46.2. The summed E-state index contributed by atoms with van der Waals surface area (Å²) in [5, 5.41) is 49.2. The molecule has 11 nitrogen and oxygen atoms in total. The lowest BCUT2D eigenvalue weighted by molar-refractivity contribution is -0.352. The van der Waals surface area contributed by atoms with Crippen molar-refractivity contribution in [2.75, 3.05) is 13.7 Å². The van der Waals surface area contributed by atoms with Gasteiger partial charge in [-0.2, -0.15) is 0 Å². The van der Waals surface area contributed by atoms with Gasteiger partial charge in [-0.3, -0.25) is 0 Å². The van der Waals surface area contributed by atoms with Crippen LogP contribution in [0.25, 0.3) is 0 Å². The Morgan fingerprint density at radius 3 is 2.50 bits per heavy atom. The van der Waals surface area contributed by atoms with Gasteiger partial charge in [-0.25, -0.2) is 4.79 Å². The third-order valence-corrected chi connectivity index (χ3v) is 5.41. The van der Waals surface area contributed by atoms with E-state index in [0.717, 1.165) is 0 Å².